The van der Waals surface area contributed by atoms with E-state index in [1.807, 2.05) is 0 Å². The van der Waals surface area contributed by atoms with Crippen molar-refractivity contribution in [3.63, 3.8) is 0 Å². The van der Waals surface area contributed by atoms with Crippen LogP contribution in [0.3, 0.4) is 0 Å². The van der Waals surface area contributed by atoms with E-state index in [9.17, 15) is 9.59 Å². The van der Waals surface area contributed by atoms with Gasteiger partial charge in [-0.25, -0.2) is 4.79 Å². The van der Waals surface area contributed by atoms with Crippen LogP contribution in [0, 0.1) is 0 Å². The standard InChI is InChI=1S/C17H20ClN5O3/c1-21-13-14(20-16(21)19-8-3-9-24)22(2)17(26)23(15(13)25)10-11-4-6-12(18)7-5-11/h4-7,24H,3,8-10H2,1-2H3,(H,19,20). The molecular formula is C17H20ClN5O3. The van der Waals surface area contributed by atoms with Gasteiger partial charge in [0.05, 0.1) is 6.54 Å². The molecule has 0 atom stereocenters. The predicted octanol–water partition coefficient (Wildman–Crippen LogP) is 0.930. The van der Waals surface area contributed by atoms with Gasteiger partial charge in [-0.2, -0.15) is 4.98 Å². The van der Waals surface area contributed by atoms with Gasteiger partial charge in [0.2, 0.25) is 5.95 Å². The Morgan fingerprint density at radius 1 is 1.15 bits per heavy atom. The Morgan fingerprint density at radius 3 is 2.50 bits per heavy atom. The molecule has 0 amide bonds. The summed E-state index contributed by atoms with van der Waals surface area (Å²) in [5, 5.41) is 12.6. The first-order valence-electron chi connectivity index (χ1n) is 8.19. The van der Waals surface area contributed by atoms with E-state index in [0.29, 0.717) is 35.1 Å². The number of nitrogens with one attached hydrogen (secondary N) is 1. The molecule has 0 spiro atoms. The number of imidazole rings is 1. The normalized spacial score (nSPS) is 11.2. The number of anilines is 1. The number of aliphatic hydroxyl groups is 1. The number of nitrogens with zero attached hydrogens (tertiary/aromatic N) is 4. The number of hydrogen-bond acceptors (Lipinski definition) is 5. The third-order valence-electron chi connectivity index (χ3n) is 4.23. The summed E-state index contributed by atoms with van der Waals surface area (Å²) in [6, 6.07) is 7.00. The summed E-state index contributed by atoms with van der Waals surface area (Å²) in [6.07, 6.45) is 0.558. The van der Waals surface area contributed by atoms with Crippen molar-refractivity contribution in [2.24, 2.45) is 14.1 Å². The molecule has 0 saturated carbocycles. The second kappa shape index (κ2) is 7.35. The summed E-state index contributed by atoms with van der Waals surface area (Å²) in [5.41, 5.74) is 0.631. The third-order valence-corrected chi connectivity index (χ3v) is 4.48. The maximum absolute atomic E-state index is 12.9. The third kappa shape index (κ3) is 3.25. The molecule has 26 heavy (non-hydrogen) atoms. The van der Waals surface area contributed by atoms with Gasteiger partial charge in [0, 0.05) is 32.3 Å². The maximum Gasteiger partial charge on any atom is 0.332 e. The van der Waals surface area contributed by atoms with Crippen molar-refractivity contribution >= 4 is 28.7 Å². The lowest BCUT2D eigenvalue weighted by Crippen LogP contribution is -2.39. The van der Waals surface area contributed by atoms with Crippen molar-refractivity contribution in [3.8, 4) is 0 Å². The fourth-order valence-corrected chi connectivity index (χ4v) is 2.92. The van der Waals surface area contributed by atoms with E-state index in [1.54, 1.807) is 42.9 Å². The minimum atomic E-state index is -0.433. The van der Waals surface area contributed by atoms with E-state index in [-0.39, 0.29) is 13.2 Å². The van der Waals surface area contributed by atoms with E-state index in [1.165, 1.54) is 9.13 Å². The zero-order valence-electron chi connectivity index (χ0n) is 14.6. The highest BCUT2D eigenvalue weighted by atomic mass is 35.5. The highest BCUT2D eigenvalue weighted by Gasteiger charge is 2.18. The van der Waals surface area contributed by atoms with Gasteiger partial charge in [0.1, 0.15) is 0 Å². The van der Waals surface area contributed by atoms with Crippen LogP contribution in [0.15, 0.2) is 33.9 Å². The van der Waals surface area contributed by atoms with Crippen molar-refractivity contribution in [2.75, 3.05) is 18.5 Å². The fraction of sp³-hybridized carbons (Fsp3) is 0.353. The molecule has 3 aromatic rings. The molecule has 9 heteroatoms. The number of rotatable bonds is 6. The van der Waals surface area contributed by atoms with E-state index in [4.69, 9.17) is 16.7 Å². The highest BCUT2D eigenvalue weighted by Crippen LogP contribution is 2.14. The number of aliphatic hydroxyl groups excluding tert-OH is 1. The fourth-order valence-electron chi connectivity index (χ4n) is 2.79. The lowest BCUT2D eigenvalue weighted by atomic mass is 10.2. The summed E-state index contributed by atoms with van der Waals surface area (Å²) in [5.74, 6) is 0.477. The first kappa shape index (κ1) is 18.2. The number of aryl methyl sites for hydroxylation is 2. The average Bonchev–Trinajstić information content (AvgIpc) is 2.96. The Kier molecular flexibility index (Phi) is 5.15. The Hall–Kier alpha value is -2.58. The van der Waals surface area contributed by atoms with Crippen LogP contribution in [0.1, 0.15) is 12.0 Å². The summed E-state index contributed by atoms with van der Waals surface area (Å²) in [4.78, 5) is 30.0. The molecule has 0 unspecified atom stereocenters. The number of fused-ring (bicyclic) bond motifs is 1. The molecule has 0 aliphatic heterocycles. The second-order valence-electron chi connectivity index (χ2n) is 6.03. The molecule has 0 radical (unpaired) electrons. The molecule has 2 heterocycles. The van der Waals surface area contributed by atoms with Crippen molar-refractivity contribution in [1.82, 2.24) is 18.7 Å². The van der Waals surface area contributed by atoms with Gasteiger partial charge in [-0.05, 0) is 24.1 Å². The van der Waals surface area contributed by atoms with Gasteiger partial charge in [-0.15, -0.1) is 0 Å². The number of benzene rings is 1. The van der Waals surface area contributed by atoms with Gasteiger partial charge in [-0.1, -0.05) is 23.7 Å². The first-order valence-corrected chi connectivity index (χ1v) is 8.57. The Morgan fingerprint density at radius 2 is 1.85 bits per heavy atom. The van der Waals surface area contributed by atoms with Crippen LogP contribution in [-0.4, -0.2) is 36.9 Å². The summed E-state index contributed by atoms with van der Waals surface area (Å²) in [7, 11) is 3.31. The van der Waals surface area contributed by atoms with Gasteiger partial charge < -0.3 is 15.0 Å². The number of halogens is 1. The molecule has 0 fully saturated rings. The van der Waals surface area contributed by atoms with Gasteiger partial charge in [0.15, 0.2) is 11.2 Å². The zero-order chi connectivity index (χ0) is 18.8. The van der Waals surface area contributed by atoms with Crippen LogP contribution in [-0.2, 0) is 20.6 Å². The smallest absolute Gasteiger partial charge is 0.332 e. The molecule has 2 N–H and O–H groups in total. The van der Waals surface area contributed by atoms with Crippen molar-refractivity contribution in [3.05, 3.63) is 55.7 Å². The molecule has 8 nitrogen and oxygen atoms in total. The Labute approximate surface area is 154 Å². The van der Waals surface area contributed by atoms with Crippen molar-refractivity contribution in [2.45, 2.75) is 13.0 Å². The van der Waals surface area contributed by atoms with Gasteiger partial charge in [0.25, 0.3) is 5.56 Å². The topological polar surface area (TPSA) is 94.1 Å². The van der Waals surface area contributed by atoms with Gasteiger partial charge >= 0.3 is 5.69 Å². The van der Waals surface area contributed by atoms with Crippen LogP contribution in [0.2, 0.25) is 5.02 Å². The van der Waals surface area contributed by atoms with E-state index >= 15 is 0 Å². The summed E-state index contributed by atoms with van der Waals surface area (Å²) >= 11 is 5.89. The first-order chi connectivity index (χ1) is 12.4. The predicted molar refractivity (Wildman–Crippen MR) is 101 cm³/mol. The molecular weight excluding hydrogens is 358 g/mol. The number of hydrogen-bond donors (Lipinski definition) is 2. The van der Waals surface area contributed by atoms with E-state index in [0.717, 1.165) is 5.56 Å². The van der Waals surface area contributed by atoms with E-state index in [2.05, 4.69) is 10.3 Å². The van der Waals surface area contributed by atoms with Crippen LogP contribution in [0.4, 0.5) is 5.95 Å². The molecule has 1 aromatic carbocycles. The Bertz CT molecular complexity index is 1050. The molecule has 0 aliphatic rings. The summed E-state index contributed by atoms with van der Waals surface area (Å²) < 4.78 is 4.18. The second-order valence-corrected chi connectivity index (χ2v) is 6.47. The quantitative estimate of drug-likeness (QED) is 0.623. The van der Waals surface area contributed by atoms with Crippen LogP contribution in [0.5, 0.6) is 0 Å². The SMILES string of the molecule is Cn1c(NCCCO)nc2c1c(=O)n(Cc1ccc(Cl)cc1)c(=O)n2C. The molecule has 3 rings (SSSR count). The molecule has 138 valence electrons. The number of aromatic nitrogens is 4. The monoisotopic (exact) mass is 377 g/mol. The molecule has 0 aliphatic carbocycles. The maximum atomic E-state index is 12.9. The van der Waals surface area contributed by atoms with Crippen molar-refractivity contribution in [1.29, 1.82) is 0 Å². The molecule has 2 aromatic heterocycles. The lowest BCUT2D eigenvalue weighted by Gasteiger charge is -2.09. The van der Waals surface area contributed by atoms with Gasteiger partial charge in [-0.3, -0.25) is 13.9 Å². The molecule has 0 bridgehead atoms. The minimum absolute atomic E-state index is 0.0589. The van der Waals surface area contributed by atoms with Crippen molar-refractivity contribution < 1.29 is 5.11 Å². The largest absolute Gasteiger partial charge is 0.396 e. The van der Waals surface area contributed by atoms with Crippen LogP contribution >= 0.6 is 11.6 Å². The Balaban J connectivity index is 2.10. The van der Waals surface area contributed by atoms with Crippen LogP contribution < -0.4 is 16.6 Å². The highest BCUT2D eigenvalue weighted by molar-refractivity contribution is 6.30. The van der Waals surface area contributed by atoms with E-state index < -0.39 is 11.2 Å². The molecule has 0 saturated heterocycles. The summed E-state index contributed by atoms with van der Waals surface area (Å²) in [6.45, 7) is 0.723. The zero-order valence-corrected chi connectivity index (χ0v) is 15.3. The van der Waals surface area contributed by atoms with Crippen LogP contribution in [0.25, 0.3) is 11.2 Å². The minimum Gasteiger partial charge on any atom is -0.396 e. The average molecular weight is 378 g/mol. The lowest BCUT2D eigenvalue weighted by molar-refractivity contribution is 0.292.